The van der Waals surface area contributed by atoms with Crippen molar-refractivity contribution >= 4 is 23.5 Å². The third kappa shape index (κ3) is 5.34. The van der Waals surface area contributed by atoms with Gasteiger partial charge in [0.15, 0.2) is 0 Å². The normalized spacial score (nSPS) is 16.8. The first-order chi connectivity index (χ1) is 14.6. The van der Waals surface area contributed by atoms with Crippen molar-refractivity contribution in [2.24, 2.45) is 0 Å². The molecule has 1 aliphatic heterocycles. The molecule has 0 bridgehead atoms. The van der Waals surface area contributed by atoms with Gasteiger partial charge in [-0.05, 0) is 63.1 Å². The predicted molar refractivity (Wildman–Crippen MR) is 119 cm³/mol. The second-order valence-electron chi connectivity index (χ2n) is 8.60. The van der Waals surface area contributed by atoms with Crippen molar-refractivity contribution in [2.75, 3.05) is 0 Å². The van der Waals surface area contributed by atoms with Gasteiger partial charge in [0.1, 0.15) is 5.60 Å². The molecule has 1 aliphatic rings. The SMILES string of the molecule is CC1=C(C(=O)OC(C)(C)C)C(c2cccc(Cl)c2)CC(=O)N1Cc1cccc(C#N)c1. The summed E-state index contributed by atoms with van der Waals surface area (Å²) in [5.41, 5.74) is 2.47. The fourth-order valence-corrected chi connectivity index (χ4v) is 3.93. The van der Waals surface area contributed by atoms with Gasteiger partial charge in [-0.1, -0.05) is 35.9 Å². The zero-order chi connectivity index (χ0) is 22.8. The van der Waals surface area contributed by atoms with E-state index in [2.05, 4.69) is 6.07 Å². The van der Waals surface area contributed by atoms with Crippen molar-refractivity contribution in [1.82, 2.24) is 4.90 Å². The Morgan fingerprint density at radius 3 is 2.58 bits per heavy atom. The van der Waals surface area contributed by atoms with E-state index in [1.54, 1.807) is 42.2 Å². The molecule has 0 aromatic heterocycles. The maximum Gasteiger partial charge on any atom is 0.336 e. The molecule has 1 unspecified atom stereocenters. The van der Waals surface area contributed by atoms with Crippen LogP contribution < -0.4 is 0 Å². The number of ether oxygens (including phenoxy) is 1. The van der Waals surface area contributed by atoms with E-state index >= 15 is 0 Å². The van der Waals surface area contributed by atoms with Crippen molar-refractivity contribution in [2.45, 2.75) is 52.2 Å². The van der Waals surface area contributed by atoms with E-state index in [0.29, 0.717) is 21.9 Å². The summed E-state index contributed by atoms with van der Waals surface area (Å²) < 4.78 is 5.69. The molecule has 2 aromatic carbocycles. The summed E-state index contributed by atoms with van der Waals surface area (Å²) in [6, 6.07) is 16.4. The Morgan fingerprint density at radius 1 is 1.23 bits per heavy atom. The first-order valence-electron chi connectivity index (χ1n) is 10.1. The lowest BCUT2D eigenvalue weighted by Gasteiger charge is -2.35. The van der Waals surface area contributed by atoms with Gasteiger partial charge in [0.05, 0.1) is 23.8 Å². The van der Waals surface area contributed by atoms with Crippen LogP contribution in [0, 0.1) is 11.3 Å². The maximum atomic E-state index is 13.2. The minimum atomic E-state index is -0.670. The van der Waals surface area contributed by atoms with Crippen molar-refractivity contribution in [3.8, 4) is 6.07 Å². The number of hydrogen-bond acceptors (Lipinski definition) is 4. The Hall–Kier alpha value is -3.10. The Kier molecular flexibility index (Phi) is 6.52. The molecule has 0 radical (unpaired) electrons. The van der Waals surface area contributed by atoms with E-state index in [0.717, 1.165) is 11.1 Å². The van der Waals surface area contributed by atoms with E-state index in [9.17, 15) is 9.59 Å². The molecule has 0 saturated heterocycles. The monoisotopic (exact) mass is 436 g/mol. The summed E-state index contributed by atoms with van der Waals surface area (Å²) in [5, 5.41) is 9.71. The van der Waals surface area contributed by atoms with Crippen molar-refractivity contribution in [3.05, 3.63) is 81.5 Å². The highest BCUT2D eigenvalue weighted by molar-refractivity contribution is 6.30. The summed E-state index contributed by atoms with van der Waals surface area (Å²) in [7, 11) is 0. The Morgan fingerprint density at radius 2 is 1.94 bits per heavy atom. The largest absolute Gasteiger partial charge is 0.457 e. The quantitative estimate of drug-likeness (QED) is 0.606. The van der Waals surface area contributed by atoms with E-state index in [1.165, 1.54) is 0 Å². The first kappa shape index (κ1) is 22.6. The number of amides is 1. The molecule has 0 fully saturated rings. The second-order valence-corrected chi connectivity index (χ2v) is 9.04. The van der Waals surface area contributed by atoms with Crippen LogP contribution in [0.3, 0.4) is 0 Å². The van der Waals surface area contributed by atoms with Crippen LogP contribution >= 0.6 is 11.6 Å². The van der Waals surface area contributed by atoms with Crippen molar-refractivity contribution < 1.29 is 14.3 Å². The number of hydrogen-bond donors (Lipinski definition) is 0. The summed E-state index contributed by atoms with van der Waals surface area (Å²) in [5.74, 6) is -0.988. The lowest BCUT2D eigenvalue weighted by atomic mass is 9.83. The Balaban J connectivity index is 2.06. The molecule has 2 aromatic rings. The van der Waals surface area contributed by atoms with Gasteiger partial charge in [0.2, 0.25) is 5.91 Å². The minimum absolute atomic E-state index is 0.0999. The number of benzene rings is 2. The summed E-state index contributed by atoms with van der Waals surface area (Å²) in [6.45, 7) is 7.48. The van der Waals surface area contributed by atoms with E-state index in [-0.39, 0.29) is 18.9 Å². The first-order valence-corrected chi connectivity index (χ1v) is 10.5. The number of nitrogens with zero attached hydrogens (tertiary/aromatic N) is 2. The van der Waals surface area contributed by atoms with Crippen LogP contribution in [0.2, 0.25) is 5.02 Å². The molecule has 0 N–H and O–H groups in total. The number of allylic oxidation sites excluding steroid dienone is 1. The fourth-order valence-electron chi connectivity index (χ4n) is 3.73. The standard InChI is InChI=1S/C25H25ClN2O3/c1-16-23(24(30)31-25(2,3)4)21(19-9-6-10-20(26)12-19)13-22(29)28(16)15-18-8-5-7-17(11-18)14-27/h5-12,21H,13,15H2,1-4H3. The second kappa shape index (κ2) is 8.95. The number of esters is 1. The molecule has 0 aliphatic carbocycles. The molecule has 160 valence electrons. The highest BCUT2D eigenvalue weighted by atomic mass is 35.5. The van der Waals surface area contributed by atoms with Crippen LogP contribution in [-0.4, -0.2) is 22.4 Å². The van der Waals surface area contributed by atoms with E-state index in [4.69, 9.17) is 21.6 Å². The molecule has 1 amide bonds. The number of nitriles is 1. The van der Waals surface area contributed by atoms with Gasteiger partial charge >= 0.3 is 5.97 Å². The van der Waals surface area contributed by atoms with Crippen molar-refractivity contribution in [1.29, 1.82) is 5.26 Å². The van der Waals surface area contributed by atoms with Crippen LogP contribution in [0.25, 0.3) is 0 Å². The lowest BCUT2D eigenvalue weighted by Crippen LogP contribution is -2.39. The topological polar surface area (TPSA) is 70.4 Å². The Bertz CT molecular complexity index is 1090. The highest BCUT2D eigenvalue weighted by Crippen LogP contribution is 2.39. The molecule has 3 rings (SSSR count). The number of halogens is 1. The van der Waals surface area contributed by atoms with Crippen LogP contribution in [0.5, 0.6) is 0 Å². The zero-order valence-corrected chi connectivity index (χ0v) is 18.9. The average Bonchev–Trinajstić information content (AvgIpc) is 2.69. The van der Waals surface area contributed by atoms with E-state index in [1.807, 2.05) is 39.0 Å². The summed E-state index contributed by atoms with van der Waals surface area (Å²) >= 11 is 6.18. The number of carbonyl (C=O) groups is 2. The van der Waals surface area contributed by atoms with Gasteiger partial charge in [-0.2, -0.15) is 5.26 Å². The summed E-state index contributed by atoms with van der Waals surface area (Å²) in [6.07, 6.45) is 0.129. The molecule has 31 heavy (non-hydrogen) atoms. The smallest absolute Gasteiger partial charge is 0.336 e. The molecular formula is C25H25ClN2O3. The van der Waals surface area contributed by atoms with Crippen LogP contribution in [0.15, 0.2) is 59.8 Å². The maximum absolute atomic E-state index is 13.2. The molecule has 6 heteroatoms. The van der Waals surface area contributed by atoms with Gasteiger partial charge in [-0.3, -0.25) is 4.79 Å². The van der Waals surface area contributed by atoms with Crippen LogP contribution in [0.4, 0.5) is 0 Å². The average molecular weight is 437 g/mol. The zero-order valence-electron chi connectivity index (χ0n) is 18.1. The molecule has 0 spiro atoms. The third-order valence-corrected chi connectivity index (χ3v) is 5.32. The predicted octanol–water partition coefficient (Wildman–Crippen LogP) is 5.34. The van der Waals surface area contributed by atoms with Gasteiger partial charge in [-0.15, -0.1) is 0 Å². The van der Waals surface area contributed by atoms with Gasteiger partial charge < -0.3 is 9.64 Å². The number of rotatable bonds is 4. The van der Waals surface area contributed by atoms with Gasteiger partial charge in [-0.25, -0.2) is 4.79 Å². The fraction of sp³-hybridized carbons (Fsp3) is 0.320. The molecule has 1 heterocycles. The van der Waals surface area contributed by atoms with Gasteiger partial charge in [0.25, 0.3) is 0 Å². The van der Waals surface area contributed by atoms with E-state index < -0.39 is 17.5 Å². The molecule has 5 nitrogen and oxygen atoms in total. The van der Waals surface area contributed by atoms with Crippen LogP contribution in [-0.2, 0) is 20.9 Å². The third-order valence-electron chi connectivity index (χ3n) is 5.09. The molecular weight excluding hydrogens is 412 g/mol. The van der Waals surface area contributed by atoms with Crippen LogP contribution in [0.1, 0.15) is 56.7 Å². The minimum Gasteiger partial charge on any atom is -0.457 e. The van der Waals surface area contributed by atoms with Crippen molar-refractivity contribution in [3.63, 3.8) is 0 Å². The molecule has 1 atom stereocenters. The Labute approximate surface area is 187 Å². The lowest BCUT2D eigenvalue weighted by molar-refractivity contribution is -0.150. The summed E-state index contributed by atoms with van der Waals surface area (Å²) in [4.78, 5) is 27.9. The van der Waals surface area contributed by atoms with Gasteiger partial charge in [0, 0.05) is 23.1 Å². The highest BCUT2D eigenvalue weighted by Gasteiger charge is 2.38. The number of carbonyl (C=O) groups excluding carboxylic acids is 2. The molecule has 0 saturated carbocycles.